The van der Waals surface area contributed by atoms with E-state index in [-0.39, 0.29) is 5.56 Å². The zero-order chi connectivity index (χ0) is 5.98. The summed E-state index contributed by atoms with van der Waals surface area (Å²) in [4.78, 5) is 9.97. The quantitative estimate of drug-likeness (QED) is 0.582. The summed E-state index contributed by atoms with van der Waals surface area (Å²) in [5, 5.41) is 8.18. The van der Waals surface area contributed by atoms with Crippen molar-refractivity contribution in [1.29, 1.82) is 0 Å². The summed E-state index contributed by atoms with van der Waals surface area (Å²) in [6.45, 7) is 0. The van der Waals surface area contributed by atoms with Gasteiger partial charge in [-0.05, 0) is 0 Å². The van der Waals surface area contributed by atoms with Crippen molar-refractivity contribution in [2.24, 2.45) is 0 Å². The molecule has 0 saturated heterocycles. The Balaban J connectivity index is 2.93. The van der Waals surface area contributed by atoms with Crippen molar-refractivity contribution in [1.82, 2.24) is 0 Å². The number of carbonyl (C=O) groups is 1. The van der Waals surface area contributed by atoms with Crippen molar-refractivity contribution < 1.29 is 14.3 Å². The van der Waals surface area contributed by atoms with Gasteiger partial charge in [-0.25, -0.2) is 4.79 Å². The van der Waals surface area contributed by atoms with Gasteiger partial charge in [0.1, 0.15) is 11.8 Å². The van der Waals surface area contributed by atoms with Gasteiger partial charge >= 0.3 is 5.97 Å². The minimum atomic E-state index is -1.02. The first kappa shape index (κ1) is 4.90. The minimum absolute atomic E-state index is 0.0602. The highest BCUT2D eigenvalue weighted by Gasteiger charge is 2.00. The molecule has 41 valence electrons. The normalized spacial score (nSPS) is 9.00. The fraction of sp³-hybridized carbons (Fsp3) is 0. The second-order valence-corrected chi connectivity index (χ2v) is 1.23. The highest BCUT2D eigenvalue weighted by atomic mass is 16.4. The van der Waals surface area contributed by atoms with Gasteiger partial charge in [-0.15, -0.1) is 0 Å². The van der Waals surface area contributed by atoms with Gasteiger partial charge in [-0.1, -0.05) is 0 Å². The molecule has 0 amide bonds. The second-order valence-electron chi connectivity index (χ2n) is 1.23. The third kappa shape index (κ3) is 0.703. The molecule has 3 nitrogen and oxygen atoms in total. The van der Waals surface area contributed by atoms with Crippen molar-refractivity contribution in [2.45, 2.75) is 0 Å². The molecule has 3 heteroatoms. The van der Waals surface area contributed by atoms with Crippen molar-refractivity contribution in [2.75, 3.05) is 0 Å². The predicted octanol–water partition coefficient (Wildman–Crippen LogP) is 0.778. The highest BCUT2D eigenvalue weighted by molar-refractivity contribution is 5.86. The first-order valence-electron chi connectivity index (χ1n) is 1.98. The van der Waals surface area contributed by atoms with E-state index < -0.39 is 5.97 Å². The lowest BCUT2D eigenvalue weighted by Crippen LogP contribution is -1.91. The summed E-state index contributed by atoms with van der Waals surface area (Å²) in [7, 11) is 0. The van der Waals surface area contributed by atoms with Crippen molar-refractivity contribution in [3.05, 3.63) is 24.2 Å². The van der Waals surface area contributed by atoms with E-state index in [2.05, 4.69) is 10.5 Å². The number of aromatic carboxylic acids is 1. The molecule has 0 aliphatic rings. The fourth-order valence-corrected chi connectivity index (χ4v) is 0.346. The molecule has 0 saturated carbocycles. The monoisotopic (exact) mass is 111 g/mol. The topological polar surface area (TPSA) is 50.4 Å². The van der Waals surface area contributed by atoms with Crippen LogP contribution in [-0.2, 0) is 0 Å². The standard InChI is InChI=1S/C5H3O3/c6-5(7)4-1-2-8-3-4/h2-3H,(H,6,7). The van der Waals surface area contributed by atoms with Gasteiger partial charge in [0, 0.05) is 6.07 Å². The molecule has 0 aliphatic heterocycles. The number of rotatable bonds is 1. The number of carboxylic acids is 1. The zero-order valence-corrected chi connectivity index (χ0v) is 3.92. The largest absolute Gasteiger partial charge is 0.478 e. The van der Waals surface area contributed by atoms with Gasteiger partial charge in [0.05, 0.1) is 6.26 Å². The van der Waals surface area contributed by atoms with Crippen LogP contribution in [0, 0.1) is 6.07 Å². The third-order valence-electron chi connectivity index (χ3n) is 0.699. The Labute approximate surface area is 45.5 Å². The number of furan rings is 1. The molecule has 0 atom stereocenters. The van der Waals surface area contributed by atoms with Crippen LogP contribution in [-0.4, -0.2) is 11.1 Å². The average molecular weight is 111 g/mol. The Kier molecular flexibility index (Phi) is 1.04. The SMILES string of the molecule is O=C(O)c1[c]coc1. The molecule has 1 aromatic heterocycles. The Morgan fingerprint density at radius 3 is 2.88 bits per heavy atom. The van der Waals surface area contributed by atoms with Crippen LogP contribution in [0.2, 0.25) is 0 Å². The van der Waals surface area contributed by atoms with E-state index in [9.17, 15) is 4.79 Å². The zero-order valence-electron chi connectivity index (χ0n) is 3.92. The summed E-state index contributed by atoms with van der Waals surface area (Å²) in [5.74, 6) is -1.02. The summed E-state index contributed by atoms with van der Waals surface area (Å²) in [6.07, 6.45) is 2.33. The van der Waals surface area contributed by atoms with Gasteiger partial charge in [0.25, 0.3) is 0 Å². The van der Waals surface area contributed by atoms with Gasteiger partial charge in [-0.3, -0.25) is 0 Å². The maximum absolute atomic E-state index is 9.97. The molecule has 0 aliphatic carbocycles. The smallest absolute Gasteiger partial charge is 0.339 e. The summed E-state index contributed by atoms with van der Waals surface area (Å²) >= 11 is 0. The van der Waals surface area contributed by atoms with Crippen LogP contribution in [0.25, 0.3) is 0 Å². The van der Waals surface area contributed by atoms with Crippen molar-refractivity contribution in [3.8, 4) is 0 Å². The summed E-state index contributed by atoms with van der Waals surface area (Å²) in [5.41, 5.74) is 0.0602. The van der Waals surface area contributed by atoms with E-state index >= 15 is 0 Å². The fourth-order valence-electron chi connectivity index (χ4n) is 0.346. The maximum atomic E-state index is 9.97. The highest BCUT2D eigenvalue weighted by Crippen LogP contribution is 1.96. The summed E-state index contributed by atoms with van der Waals surface area (Å²) in [6, 6.07) is 2.37. The van der Waals surface area contributed by atoms with Gasteiger partial charge in [0.2, 0.25) is 0 Å². The minimum Gasteiger partial charge on any atom is -0.478 e. The molecule has 0 aromatic carbocycles. The van der Waals surface area contributed by atoms with E-state index in [4.69, 9.17) is 5.11 Å². The van der Waals surface area contributed by atoms with Crippen LogP contribution in [0.1, 0.15) is 10.4 Å². The van der Waals surface area contributed by atoms with Gasteiger partial charge in [-0.2, -0.15) is 0 Å². The molecule has 0 spiro atoms. The summed E-state index contributed by atoms with van der Waals surface area (Å²) < 4.78 is 4.44. The van der Waals surface area contributed by atoms with E-state index in [0.717, 1.165) is 6.26 Å². The molecule has 1 heterocycles. The van der Waals surface area contributed by atoms with Crippen LogP contribution in [0.4, 0.5) is 0 Å². The van der Waals surface area contributed by atoms with E-state index in [1.54, 1.807) is 0 Å². The number of carboxylic acid groups (broad SMARTS) is 1. The van der Waals surface area contributed by atoms with E-state index in [0.29, 0.717) is 0 Å². The average Bonchev–Trinajstić information content (AvgIpc) is 2.12. The Morgan fingerprint density at radius 1 is 1.88 bits per heavy atom. The molecule has 1 aromatic rings. The van der Waals surface area contributed by atoms with Crippen LogP contribution in [0.5, 0.6) is 0 Å². The molecule has 1 radical (unpaired) electrons. The van der Waals surface area contributed by atoms with Crippen LogP contribution in [0.3, 0.4) is 0 Å². The first-order valence-corrected chi connectivity index (χ1v) is 1.98. The van der Waals surface area contributed by atoms with Crippen LogP contribution >= 0.6 is 0 Å². The molecular formula is C5H3O3. The van der Waals surface area contributed by atoms with E-state index in [1.807, 2.05) is 0 Å². The van der Waals surface area contributed by atoms with Crippen molar-refractivity contribution >= 4 is 5.97 Å². The lowest BCUT2D eigenvalue weighted by Gasteiger charge is -1.76. The Hall–Kier alpha value is -1.25. The lowest BCUT2D eigenvalue weighted by atomic mass is 10.4. The number of hydrogen-bond acceptors (Lipinski definition) is 2. The maximum Gasteiger partial charge on any atom is 0.339 e. The predicted molar refractivity (Wildman–Crippen MR) is 24.5 cm³/mol. The Morgan fingerprint density at radius 2 is 2.62 bits per heavy atom. The first-order chi connectivity index (χ1) is 3.80. The molecule has 1 rings (SSSR count). The molecule has 0 fully saturated rings. The third-order valence-corrected chi connectivity index (χ3v) is 0.699. The lowest BCUT2D eigenvalue weighted by molar-refractivity contribution is 0.0696. The van der Waals surface area contributed by atoms with Gasteiger partial charge in [0.15, 0.2) is 0 Å². The molecule has 1 N–H and O–H groups in total. The van der Waals surface area contributed by atoms with Gasteiger partial charge < -0.3 is 9.52 Å². The van der Waals surface area contributed by atoms with Crippen molar-refractivity contribution in [3.63, 3.8) is 0 Å². The molecule has 8 heavy (non-hydrogen) atoms. The second kappa shape index (κ2) is 1.69. The van der Waals surface area contributed by atoms with Crippen LogP contribution < -0.4 is 0 Å². The van der Waals surface area contributed by atoms with E-state index in [1.165, 1.54) is 6.26 Å². The molecule has 0 unspecified atom stereocenters. The number of hydrogen-bond donors (Lipinski definition) is 1. The Bertz CT molecular complexity index is 176. The molecular weight excluding hydrogens is 108 g/mol. The molecule has 0 bridgehead atoms. The van der Waals surface area contributed by atoms with Crippen LogP contribution in [0.15, 0.2) is 16.9 Å².